The van der Waals surface area contributed by atoms with E-state index in [1.807, 2.05) is 0 Å². The second kappa shape index (κ2) is 9.80. The lowest BCUT2D eigenvalue weighted by Crippen LogP contribution is -2.42. The first-order valence-electron chi connectivity index (χ1n) is 9.55. The first-order valence-corrected chi connectivity index (χ1v) is 11.4. The summed E-state index contributed by atoms with van der Waals surface area (Å²) in [5.41, 5.74) is 5.34. The van der Waals surface area contributed by atoms with Crippen LogP contribution in [0.1, 0.15) is 10.4 Å². The first-order chi connectivity index (χ1) is 16.3. The van der Waals surface area contributed by atoms with E-state index in [1.54, 1.807) is 17.5 Å². The molecule has 0 fully saturated rings. The van der Waals surface area contributed by atoms with E-state index in [-0.39, 0.29) is 33.5 Å². The lowest BCUT2D eigenvalue weighted by molar-refractivity contribution is -0.384. The van der Waals surface area contributed by atoms with Crippen molar-refractivity contribution in [1.29, 1.82) is 0 Å². The Kier molecular flexibility index (Phi) is 6.65. The van der Waals surface area contributed by atoms with Crippen molar-refractivity contribution in [2.45, 2.75) is 5.16 Å². The molecule has 0 radical (unpaired) electrons. The largest absolute Gasteiger partial charge is 0.301 e. The number of thioether (sulfide) groups is 1. The van der Waals surface area contributed by atoms with Crippen molar-refractivity contribution >= 4 is 50.8 Å². The number of amides is 2. The number of aromatic amines is 1. The topological polar surface area (TPSA) is 147 Å². The Hall–Kier alpha value is -4.10. The number of H-pyrrole nitrogens is 1. The summed E-state index contributed by atoms with van der Waals surface area (Å²) in [6.07, 6.45) is 0. The number of hydrazine groups is 1. The van der Waals surface area contributed by atoms with E-state index in [1.165, 1.54) is 47.7 Å². The van der Waals surface area contributed by atoms with Gasteiger partial charge in [0.2, 0.25) is 5.91 Å². The Balaban J connectivity index is 1.37. The molecular weight excluding hydrogens is 485 g/mol. The number of thiophene rings is 1. The second-order valence-electron chi connectivity index (χ2n) is 6.80. The van der Waals surface area contributed by atoms with Gasteiger partial charge in [-0.1, -0.05) is 23.9 Å². The molecule has 172 valence electrons. The molecule has 4 aromatic rings. The van der Waals surface area contributed by atoms with Gasteiger partial charge in [-0.2, -0.15) is 0 Å². The smallest absolute Gasteiger partial charge is 0.269 e. The van der Waals surface area contributed by atoms with E-state index in [4.69, 9.17) is 0 Å². The fourth-order valence-electron chi connectivity index (χ4n) is 2.94. The minimum absolute atomic E-state index is 0.129. The number of nitro benzene ring substituents is 1. The molecule has 0 saturated heterocycles. The van der Waals surface area contributed by atoms with Gasteiger partial charge in [0.15, 0.2) is 5.16 Å². The van der Waals surface area contributed by atoms with Crippen LogP contribution in [-0.4, -0.2) is 32.5 Å². The zero-order valence-corrected chi connectivity index (χ0v) is 18.7. The number of carbonyl (C=O) groups excluding carboxylic acids is 2. The van der Waals surface area contributed by atoms with Crippen LogP contribution in [0.4, 0.5) is 10.1 Å². The van der Waals surface area contributed by atoms with Gasteiger partial charge >= 0.3 is 0 Å². The molecule has 2 aromatic heterocycles. The van der Waals surface area contributed by atoms with E-state index in [0.29, 0.717) is 21.3 Å². The van der Waals surface area contributed by atoms with Crippen molar-refractivity contribution in [3.05, 3.63) is 85.8 Å². The highest BCUT2D eigenvalue weighted by Crippen LogP contribution is 2.31. The zero-order valence-electron chi connectivity index (χ0n) is 17.0. The maximum atomic E-state index is 13.2. The number of non-ortho nitro benzene ring substituents is 1. The molecule has 0 aliphatic carbocycles. The standard InChI is InChI=1S/C21H14FN5O5S2/c22-13-5-1-11(2-6-13)15-9-33-20-17(15)19(30)23-21(24-20)34-10-16(28)25-26-18(29)12-3-7-14(8-4-12)27(31)32/h1-9H,10H2,(H,25,28)(H,26,29)(H,23,24,30). The summed E-state index contributed by atoms with van der Waals surface area (Å²) >= 11 is 2.22. The average Bonchev–Trinajstić information content (AvgIpc) is 3.26. The SMILES string of the molecule is O=C(CSc1nc2scc(-c3ccc(F)cc3)c2c(=O)[nH]1)NNC(=O)c1ccc([N+](=O)[O-])cc1. The number of aromatic nitrogens is 2. The quantitative estimate of drug-likeness (QED) is 0.160. The summed E-state index contributed by atoms with van der Waals surface area (Å²) in [5, 5.41) is 13.0. The van der Waals surface area contributed by atoms with Crippen LogP contribution in [0, 0.1) is 15.9 Å². The Morgan fingerprint density at radius 3 is 2.50 bits per heavy atom. The van der Waals surface area contributed by atoms with Crippen LogP contribution in [-0.2, 0) is 4.79 Å². The molecule has 2 aromatic carbocycles. The van der Waals surface area contributed by atoms with E-state index in [9.17, 15) is 28.9 Å². The number of hydrogen-bond acceptors (Lipinski definition) is 8. The highest BCUT2D eigenvalue weighted by atomic mass is 32.2. The summed E-state index contributed by atoms with van der Waals surface area (Å²) in [6.45, 7) is 0. The van der Waals surface area contributed by atoms with Crippen LogP contribution >= 0.6 is 23.1 Å². The van der Waals surface area contributed by atoms with Gasteiger partial charge in [-0.15, -0.1) is 11.3 Å². The second-order valence-corrected chi connectivity index (χ2v) is 8.62. The van der Waals surface area contributed by atoms with Crippen LogP contribution in [0.5, 0.6) is 0 Å². The van der Waals surface area contributed by atoms with Crippen LogP contribution in [0.25, 0.3) is 21.3 Å². The van der Waals surface area contributed by atoms with Crippen LogP contribution < -0.4 is 16.4 Å². The summed E-state index contributed by atoms with van der Waals surface area (Å²) in [4.78, 5) is 54.3. The molecule has 10 nitrogen and oxygen atoms in total. The molecule has 13 heteroatoms. The fraction of sp³-hybridized carbons (Fsp3) is 0.0476. The normalized spacial score (nSPS) is 10.7. The molecule has 3 N–H and O–H groups in total. The maximum Gasteiger partial charge on any atom is 0.269 e. The molecule has 2 heterocycles. The lowest BCUT2D eigenvalue weighted by Gasteiger charge is -2.07. The van der Waals surface area contributed by atoms with Crippen molar-refractivity contribution in [2.24, 2.45) is 0 Å². The molecule has 0 aliphatic heterocycles. The number of rotatable bonds is 6. The number of halogens is 1. The number of fused-ring (bicyclic) bond motifs is 1. The fourth-order valence-corrected chi connectivity index (χ4v) is 4.61. The van der Waals surface area contributed by atoms with E-state index in [0.717, 1.165) is 11.8 Å². The predicted octanol–water partition coefficient (Wildman–Crippen LogP) is 3.25. The van der Waals surface area contributed by atoms with Gasteiger partial charge in [-0.25, -0.2) is 9.37 Å². The molecule has 0 atom stereocenters. The van der Waals surface area contributed by atoms with Gasteiger partial charge in [0, 0.05) is 28.6 Å². The molecule has 4 rings (SSSR count). The van der Waals surface area contributed by atoms with Crippen LogP contribution in [0.3, 0.4) is 0 Å². The predicted molar refractivity (Wildman–Crippen MR) is 125 cm³/mol. The highest BCUT2D eigenvalue weighted by Gasteiger charge is 2.15. The van der Waals surface area contributed by atoms with E-state index < -0.39 is 16.7 Å². The minimum Gasteiger partial charge on any atom is -0.301 e. The highest BCUT2D eigenvalue weighted by molar-refractivity contribution is 7.99. The van der Waals surface area contributed by atoms with Gasteiger partial charge in [0.25, 0.3) is 17.2 Å². The third kappa shape index (κ3) is 5.10. The Morgan fingerprint density at radius 1 is 1.12 bits per heavy atom. The Bertz CT molecular complexity index is 1450. The maximum absolute atomic E-state index is 13.2. The number of nitro groups is 1. The van der Waals surface area contributed by atoms with Gasteiger partial charge in [0.05, 0.1) is 16.1 Å². The summed E-state index contributed by atoms with van der Waals surface area (Å²) < 4.78 is 13.2. The molecular formula is C21H14FN5O5S2. The summed E-state index contributed by atoms with van der Waals surface area (Å²) in [7, 11) is 0. The van der Waals surface area contributed by atoms with Gasteiger partial charge < -0.3 is 4.98 Å². The molecule has 34 heavy (non-hydrogen) atoms. The molecule has 0 bridgehead atoms. The molecule has 0 aliphatic rings. The van der Waals surface area contributed by atoms with Crippen molar-refractivity contribution in [1.82, 2.24) is 20.8 Å². The number of benzene rings is 2. The van der Waals surface area contributed by atoms with Crippen LogP contribution in [0.15, 0.2) is 63.9 Å². The third-order valence-electron chi connectivity index (χ3n) is 4.57. The van der Waals surface area contributed by atoms with Gasteiger partial charge in [0.1, 0.15) is 10.6 Å². The van der Waals surface area contributed by atoms with Crippen LogP contribution in [0.2, 0.25) is 0 Å². The van der Waals surface area contributed by atoms with Gasteiger partial charge in [-0.05, 0) is 29.8 Å². The van der Waals surface area contributed by atoms with Crippen molar-refractivity contribution in [2.75, 3.05) is 5.75 Å². The first kappa shape index (κ1) is 23.1. The number of nitrogens with one attached hydrogen (secondary N) is 3. The lowest BCUT2D eigenvalue weighted by atomic mass is 10.1. The average molecular weight is 500 g/mol. The number of hydrogen-bond donors (Lipinski definition) is 3. The molecule has 0 unspecified atom stereocenters. The van der Waals surface area contributed by atoms with Gasteiger partial charge in [-0.3, -0.25) is 35.3 Å². The van der Waals surface area contributed by atoms with Crippen molar-refractivity contribution in [3.63, 3.8) is 0 Å². The minimum atomic E-state index is -0.645. The van der Waals surface area contributed by atoms with Crippen molar-refractivity contribution < 1.29 is 18.9 Å². The van der Waals surface area contributed by atoms with E-state index in [2.05, 4.69) is 20.8 Å². The summed E-state index contributed by atoms with van der Waals surface area (Å²) in [6, 6.07) is 10.7. The van der Waals surface area contributed by atoms with E-state index >= 15 is 0 Å². The Labute approximate surface area is 198 Å². The molecule has 2 amide bonds. The molecule has 0 saturated carbocycles. The van der Waals surface area contributed by atoms with Crippen molar-refractivity contribution in [3.8, 4) is 11.1 Å². The zero-order chi connectivity index (χ0) is 24.2. The summed E-state index contributed by atoms with van der Waals surface area (Å²) in [5.74, 6) is -1.73. The monoisotopic (exact) mass is 499 g/mol. The molecule has 0 spiro atoms. The number of carbonyl (C=O) groups is 2. The Morgan fingerprint density at radius 2 is 1.82 bits per heavy atom. The third-order valence-corrected chi connectivity index (χ3v) is 6.32. The number of nitrogens with zero attached hydrogens (tertiary/aromatic N) is 2.